The van der Waals surface area contributed by atoms with Crippen LogP contribution >= 0.6 is 23.1 Å². The Morgan fingerprint density at radius 2 is 2.41 bits per heavy atom. The van der Waals surface area contributed by atoms with Gasteiger partial charge in [0.2, 0.25) is 0 Å². The van der Waals surface area contributed by atoms with Crippen LogP contribution in [0.5, 0.6) is 0 Å². The number of aromatic nitrogens is 1. The number of primary amides is 1. The van der Waals surface area contributed by atoms with Gasteiger partial charge >= 0.3 is 6.09 Å². The van der Waals surface area contributed by atoms with Crippen LogP contribution in [0.15, 0.2) is 45.8 Å². The third kappa shape index (κ3) is 3.47. The van der Waals surface area contributed by atoms with Crippen LogP contribution in [0.2, 0.25) is 0 Å². The van der Waals surface area contributed by atoms with Gasteiger partial charge in [0.1, 0.15) is 6.61 Å². The molecule has 0 saturated heterocycles. The Labute approximate surface area is 107 Å². The minimum absolute atomic E-state index is 0.218. The molecular weight excluding hydrogens is 256 g/mol. The summed E-state index contributed by atoms with van der Waals surface area (Å²) in [6.45, 7) is 0.218. The molecular formula is C11H10N2O2S2. The SMILES string of the molecule is NC(=O)OCc1sccc1Sc1cccnc1. The van der Waals surface area contributed by atoms with E-state index in [-0.39, 0.29) is 6.61 Å². The fourth-order valence-corrected chi connectivity index (χ4v) is 3.05. The maximum Gasteiger partial charge on any atom is 0.404 e. The molecule has 2 heterocycles. The van der Waals surface area contributed by atoms with Crippen molar-refractivity contribution in [1.82, 2.24) is 4.98 Å². The van der Waals surface area contributed by atoms with Crippen LogP contribution in [0.4, 0.5) is 4.79 Å². The molecule has 0 saturated carbocycles. The van der Waals surface area contributed by atoms with E-state index in [1.807, 2.05) is 23.6 Å². The first-order chi connectivity index (χ1) is 8.25. The fourth-order valence-electron chi connectivity index (χ4n) is 1.20. The van der Waals surface area contributed by atoms with E-state index < -0.39 is 6.09 Å². The normalized spacial score (nSPS) is 10.1. The number of pyridine rings is 1. The average molecular weight is 266 g/mol. The van der Waals surface area contributed by atoms with Gasteiger partial charge in [-0.3, -0.25) is 4.98 Å². The van der Waals surface area contributed by atoms with Gasteiger partial charge in [-0.15, -0.1) is 11.3 Å². The number of hydrogen-bond donors (Lipinski definition) is 1. The van der Waals surface area contributed by atoms with Gasteiger partial charge in [0, 0.05) is 22.2 Å². The van der Waals surface area contributed by atoms with Gasteiger partial charge in [-0.2, -0.15) is 0 Å². The van der Waals surface area contributed by atoms with Gasteiger partial charge < -0.3 is 10.5 Å². The van der Waals surface area contributed by atoms with Gasteiger partial charge in [0.05, 0.1) is 4.88 Å². The van der Waals surface area contributed by atoms with E-state index in [4.69, 9.17) is 10.5 Å². The first kappa shape index (κ1) is 11.9. The lowest BCUT2D eigenvalue weighted by molar-refractivity contribution is 0.150. The summed E-state index contributed by atoms with van der Waals surface area (Å²) in [5.74, 6) is 0. The third-order valence-electron chi connectivity index (χ3n) is 1.91. The first-order valence-electron chi connectivity index (χ1n) is 4.82. The smallest absolute Gasteiger partial charge is 0.404 e. The number of nitrogens with two attached hydrogens (primary N) is 1. The summed E-state index contributed by atoms with van der Waals surface area (Å²) in [6.07, 6.45) is 2.77. The lowest BCUT2D eigenvalue weighted by atomic mass is 10.5. The molecule has 0 radical (unpaired) electrons. The van der Waals surface area contributed by atoms with Crippen molar-refractivity contribution in [2.75, 3.05) is 0 Å². The Kier molecular flexibility index (Phi) is 4.00. The molecule has 0 fully saturated rings. The molecule has 1 amide bonds. The summed E-state index contributed by atoms with van der Waals surface area (Å²) in [4.78, 5) is 17.7. The highest BCUT2D eigenvalue weighted by Crippen LogP contribution is 2.33. The van der Waals surface area contributed by atoms with E-state index in [1.165, 1.54) is 11.3 Å². The Hall–Kier alpha value is -1.53. The van der Waals surface area contributed by atoms with Crippen molar-refractivity contribution >= 4 is 29.2 Å². The average Bonchev–Trinajstić information content (AvgIpc) is 2.75. The van der Waals surface area contributed by atoms with Gasteiger partial charge in [-0.05, 0) is 23.6 Å². The Morgan fingerprint density at radius 3 is 3.12 bits per heavy atom. The fraction of sp³-hybridized carbons (Fsp3) is 0.0909. The van der Waals surface area contributed by atoms with E-state index in [1.54, 1.807) is 24.2 Å². The Bertz CT molecular complexity index is 499. The molecule has 0 unspecified atom stereocenters. The second kappa shape index (κ2) is 5.70. The largest absolute Gasteiger partial charge is 0.444 e. The standard InChI is InChI=1S/C11H10N2O2S2/c12-11(14)15-7-10-9(3-5-16-10)17-8-2-1-4-13-6-8/h1-6H,7H2,(H2,12,14). The summed E-state index contributed by atoms with van der Waals surface area (Å²) in [7, 11) is 0. The van der Waals surface area contributed by atoms with E-state index >= 15 is 0 Å². The molecule has 0 aliphatic carbocycles. The summed E-state index contributed by atoms with van der Waals surface area (Å²) in [5, 5.41) is 1.96. The van der Waals surface area contributed by atoms with Gasteiger partial charge in [0.15, 0.2) is 0 Å². The molecule has 2 aromatic rings. The lowest BCUT2D eigenvalue weighted by Crippen LogP contribution is -2.12. The number of amides is 1. The highest BCUT2D eigenvalue weighted by atomic mass is 32.2. The second-order valence-corrected chi connectivity index (χ2v) is 5.22. The number of rotatable bonds is 4. The van der Waals surface area contributed by atoms with E-state index in [0.29, 0.717) is 0 Å². The van der Waals surface area contributed by atoms with Crippen LogP contribution in [0.1, 0.15) is 4.88 Å². The monoisotopic (exact) mass is 266 g/mol. The van der Waals surface area contributed by atoms with Crippen LogP contribution in [0.25, 0.3) is 0 Å². The zero-order valence-electron chi connectivity index (χ0n) is 8.83. The summed E-state index contributed by atoms with van der Waals surface area (Å²) < 4.78 is 4.78. The molecule has 2 aromatic heterocycles. The summed E-state index contributed by atoms with van der Waals surface area (Å²) in [6, 6.07) is 5.85. The predicted molar refractivity (Wildman–Crippen MR) is 67.1 cm³/mol. The maximum absolute atomic E-state index is 10.6. The van der Waals surface area contributed by atoms with Crippen molar-refractivity contribution in [3.63, 3.8) is 0 Å². The topological polar surface area (TPSA) is 65.2 Å². The molecule has 2 rings (SSSR count). The molecule has 17 heavy (non-hydrogen) atoms. The molecule has 0 aliphatic rings. The summed E-state index contributed by atoms with van der Waals surface area (Å²) >= 11 is 3.13. The molecule has 0 spiro atoms. The highest BCUT2D eigenvalue weighted by Gasteiger charge is 2.07. The molecule has 2 N–H and O–H groups in total. The van der Waals surface area contributed by atoms with E-state index in [0.717, 1.165) is 14.7 Å². The van der Waals surface area contributed by atoms with Crippen molar-refractivity contribution in [3.8, 4) is 0 Å². The predicted octanol–water partition coefficient (Wildman–Crippen LogP) is 2.89. The molecule has 6 heteroatoms. The third-order valence-corrected chi connectivity index (χ3v) is 4.02. The van der Waals surface area contributed by atoms with Crippen LogP contribution in [0, 0.1) is 0 Å². The molecule has 0 aromatic carbocycles. The number of ether oxygens (including phenoxy) is 1. The number of carbonyl (C=O) groups is 1. The maximum atomic E-state index is 10.6. The van der Waals surface area contributed by atoms with Crippen molar-refractivity contribution in [2.45, 2.75) is 16.4 Å². The zero-order chi connectivity index (χ0) is 12.1. The highest BCUT2D eigenvalue weighted by molar-refractivity contribution is 7.99. The number of carbonyl (C=O) groups excluding carboxylic acids is 1. The number of hydrogen-bond acceptors (Lipinski definition) is 5. The van der Waals surface area contributed by atoms with Crippen molar-refractivity contribution in [2.24, 2.45) is 5.73 Å². The quantitative estimate of drug-likeness (QED) is 0.924. The second-order valence-electron chi connectivity index (χ2n) is 3.11. The number of thiophene rings is 1. The van der Waals surface area contributed by atoms with E-state index in [2.05, 4.69) is 4.98 Å². The Balaban J connectivity index is 2.06. The van der Waals surface area contributed by atoms with Crippen molar-refractivity contribution in [1.29, 1.82) is 0 Å². The van der Waals surface area contributed by atoms with Crippen molar-refractivity contribution < 1.29 is 9.53 Å². The molecule has 4 nitrogen and oxygen atoms in total. The van der Waals surface area contributed by atoms with Crippen molar-refractivity contribution in [3.05, 3.63) is 40.8 Å². The van der Waals surface area contributed by atoms with E-state index in [9.17, 15) is 4.79 Å². The zero-order valence-corrected chi connectivity index (χ0v) is 10.5. The first-order valence-corrected chi connectivity index (χ1v) is 6.52. The van der Waals surface area contributed by atoms with Crippen LogP contribution in [-0.2, 0) is 11.3 Å². The number of nitrogens with zero attached hydrogens (tertiary/aromatic N) is 1. The summed E-state index contributed by atoms with van der Waals surface area (Å²) in [5.41, 5.74) is 4.94. The molecule has 88 valence electrons. The van der Waals surface area contributed by atoms with Gasteiger partial charge in [-0.1, -0.05) is 11.8 Å². The molecule has 0 aliphatic heterocycles. The minimum Gasteiger partial charge on any atom is -0.444 e. The van der Waals surface area contributed by atoms with Gasteiger partial charge in [0.25, 0.3) is 0 Å². The van der Waals surface area contributed by atoms with Crippen LogP contribution < -0.4 is 5.73 Å². The molecule has 0 bridgehead atoms. The van der Waals surface area contributed by atoms with Gasteiger partial charge in [-0.25, -0.2) is 4.79 Å². The minimum atomic E-state index is -0.754. The Morgan fingerprint density at radius 1 is 1.53 bits per heavy atom. The molecule has 0 atom stereocenters. The van der Waals surface area contributed by atoms with Crippen LogP contribution in [-0.4, -0.2) is 11.1 Å². The van der Waals surface area contributed by atoms with Crippen LogP contribution in [0.3, 0.4) is 0 Å². The lowest BCUT2D eigenvalue weighted by Gasteiger charge is -2.03.